The minimum atomic E-state index is -1.47. The van der Waals surface area contributed by atoms with E-state index >= 15 is 0 Å². The number of aliphatic hydroxyl groups is 3. The Bertz CT molecular complexity index is 531. The number of rotatable bonds is 6. The lowest BCUT2D eigenvalue weighted by atomic mass is 9.99. The van der Waals surface area contributed by atoms with Crippen molar-refractivity contribution in [1.29, 1.82) is 0 Å². The van der Waals surface area contributed by atoms with E-state index in [1.54, 1.807) is 24.3 Å². The van der Waals surface area contributed by atoms with E-state index in [-0.39, 0.29) is 19.0 Å². The Hall–Kier alpha value is -1.71. The highest BCUT2D eigenvalue weighted by Crippen LogP contribution is 2.22. The highest BCUT2D eigenvalue weighted by atomic mass is 16.7. The van der Waals surface area contributed by atoms with E-state index < -0.39 is 36.7 Å². The van der Waals surface area contributed by atoms with Crippen LogP contribution in [0.3, 0.4) is 0 Å². The molecule has 1 aliphatic rings. The van der Waals surface area contributed by atoms with Crippen LogP contribution in [-0.2, 0) is 25.4 Å². The fourth-order valence-electron chi connectivity index (χ4n) is 2.35. The minimum absolute atomic E-state index is 0.163. The highest BCUT2D eigenvalue weighted by molar-refractivity contribution is 5.65. The first kappa shape index (κ1) is 18.6. The molecule has 8 nitrogen and oxygen atoms in total. The lowest BCUT2D eigenvalue weighted by molar-refractivity contribution is -0.301. The van der Waals surface area contributed by atoms with Gasteiger partial charge in [0.15, 0.2) is 6.29 Å². The summed E-state index contributed by atoms with van der Waals surface area (Å²) in [6.07, 6.45) is -5.94. The Morgan fingerprint density at radius 1 is 1.12 bits per heavy atom. The summed E-state index contributed by atoms with van der Waals surface area (Å²) in [5.41, 5.74) is 0.912. The van der Waals surface area contributed by atoms with E-state index in [1.165, 1.54) is 6.92 Å². The van der Waals surface area contributed by atoms with Crippen LogP contribution in [-0.4, -0.2) is 70.3 Å². The number of benzene rings is 1. The molecule has 8 heteroatoms. The third-order valence-electron chi connectivity index (χ3n) is 3.73. The van der Waals surface area contributed by atoms with Crippen LogP contribution in [0.2, 0.25) is 0 Å². The van der Waals surface area contributed by atoms with Gasteiger partial charge in [0.1, 0.15) is 36.8 Å². The van der Waals surface area contributed by atoms with Crippen LogP contribution in [0, 0.1) is 0 Å². The monoisotopic (exact) mass is 342 g/mol. The van der Waals surface area contributed by atoms with Crippen LogP contribution in [0.1, 0.15) is 12.5 Å². The van der Waals surface area contributed by atoms with Gasteiger partial charge >= 0.3 is 5.97 Å². The maximum Gasteiger partial charge on any atom is 0.302 e. The zero-order valence-corrected chi connectivity index (χ0v) is 13.2. The molecule has 0 saturated carbocycles. The average molecular weight is 342 g/mol. The van der Waals surface area contributed by atoms with Crippen molar-refractivity contribution >= 4 is 5.97 Å². The van der Waals surface area contributed by atoms with Gasteiger partial charge in [-0.1, -0.05) is 12.1 Å². The molecule has 0 aliphatic carbocycles. The number of carbonyl (C=O) groups excluding carboxylic acids is 1. The number of esters is 1. The number of carbonyl (C=O) groups is 1. The normalized spacial score (nSPS) is 30.1. The molecule has 0 radical (unpaired) electrons. The number of phenols is 1. The zero-order valence-electron chi connectivity index (χ0n) is 13.2. The highest BCUT2D eigenvalue weighted by Gasteiger charge is 2.44. The molecule has 24 heavy (non-hydrogen) atoms. The second kappa shape index (κ2) is 8.41. The number of ether oxygens (including phenoxy) is 3. The average Bonchev–Trinajstić information content (AvgIpc) is 2.55. The van der Waals surface area contributed by atoms with Crippen molar-refractivity contribution in [2.24, 2.45) is 0 Å². The van der Waals surface area contributed by atoms with Crippen LogP contribution in [0.15, 0.2) is 24.3 Å². The van der Waals surface area contributed by atoms with Gasteiger partial charge in [0.25, 0.3) is 0 Å². The molecule has 5 unspecified atom stereocenters. The van der Waals surface area contributed by atoms with Gasteiger partial charge in [-0.25, -0.2) is 0 Å². The number of hydrogen-bond acceptors (Lipinski definition) is 8. The molecule has 1 fully saturated rings. The molecule has 134 valence electrons. The number of hydrogen-bond donors (Lipinski definition) is 4. The molecule has 0 bridgehead atoms. The smallest absolute Gasteiger partial charge is 0.302 e. The maximum absolute atomic E-state index is 10.9. The van der Waals surface area contributed by atoms with Crippen molar-refractivity contribution in [2.75, 3.05) is 13.2 Å². The molecule has 0 amide bonds. The molecule has 1 aliphatic heterocycles. The van der Waals surface area contributed by atoms with Gasteiger partial charge in [-0.05, 0) is 24.1 Å². The molecule has 1 saturated heterocycles. The van der Waals surface area contributed by atoms with Crippen LogP contribution < -0.4 is 0 Å². The summed E-state index contributed by atoms with van der Waals surface area (Å²) < 4.78 is 15.6. The third kappa shape index (κ3) is 4.89. The van der Waals surface area contributed by atoms with Gasteiger partial charge in [-0.15, -0.1) is 0 Å². The van der Waals surface area contributed by atoms with E-state index in [4.69, 9.17) is 14.2 Å². The predicted molar refractivity (Wildman–Crippen MR) is 81.1 cm³/mol. The van der Waals surface area contributed by atoms with Crippen LogP contribution in [0.5, 0.6) is 5.75 Å². The van der Waals surface area contributed by atoms with Crippen molar-refractivity contribution < 1.29 is 39.4 Å². The number of aliphatic hydroxyl groups excluding tert-OH is 3. The SMILES string of the molecule is CC(=O)OCC1OC(OCCc2ccc(O)cc2)C(O)C(O)C1O. The molecule has 0 spiro atoms. The van der Waals surface area contributed by atoms with E-state index in [0.717, 1.165) is 5.56 Å². The van der Waals surface area contributed by atoms with Gasteiger partial charge in [0.2, 0.25) is 0 Å². The summed E-state index contributed by atoms with van der Waals surface area (Å²) in [7, 11) is 0. The summed E-state index contributed by atoms with van der Waals surface area (Å²) in [5, 5.41) is 38.9. The van der Waals surface area contributed by atoms with E-state index in [2.05, 4.69) is 0 Å². The van der Waals surface area contributed by atoms with E-state index in [9.17, 15) is 25.2 Å². The Morgan fingerprint density at radius 2 is 1.79 bits per heavy atom. The summed E-state index contributed by atoms with van der Waals surface area (Å²) in [6.45, 7) is 1.15. The second-order valence-corrected chi connectivity index (χ2v) is 5.60. The van der Waals surface area contributed by atoms with Crippen LogP contribution in [0.4, 0.5) is 0 Å². The first-order valence-electron chi connectivity index (χ1n) is 7.61. The maximum atomic E-state index is 10.9. The molecular formula is C16H22O8. The largest absolute Gasteiger partial charge is 0.508 e. The molecule has 0 aromatic heterocycles. The Balaban J connectivity index is 1.87. The van der Waals surface area contributed by atoms with Crippen LogP contribution in [0.25, 0.3) is 0 Å². The van der Waals surface area contributed by atoms with Gasteiger partial charge in [-0.3, -0.25) is 4.79 Å². The van der Waals surface area contributed by atoms with Gasteiger partial charge in [-0.2, -0.15) is 0 Å². The third-order valence-corrected chi connectivity index (χ3v) is 3.73. The molecular weight excluding hydrogens is 320 g/mol. The summed E-state index contributed by atoms with van der Waals surface area (Å²) in [4.78, 5) is 10.9. The zero-order chi connectivity index (χ0) is 17.7. The lowest BCUT2D eigenvalue weighted by Crippen LogP contribution is -2.59. The first-order valence-corrected chi connectivity index (χ1v) is 7.61. The lowest BCUT2D eigenvalue weighted by Gasteiger charge is -2.39. The van der Waals surface area contributed by atoms with Crippen molar-refractivity contribution in [3.05, 3.63) is 29.8 Å². The predicted octanol–water partition coefficient (Wildman–Crippen LogP) is -0.678. The molecule has 4 N–H and O–H groups in total. The first-order chi connectivity index (χ1) is 11.4. The molecule has 2 rings (SSSR count). The number of aromatic hydroxyl groups is 1. The van der Waals surface area contributed by atoms with E-state index in [1.807, 2.05) is 0 Å². The number of phenolic OH excluding ortho intramolecular Hbond substituents is 1. The topological polar surface area (TPSA) is 126 Å². The van der Waals surface area contributed by atoms with E-state index in [0.29, 0.717) is 6.42 Å². The Labute approximate surface area is 139 Å². The van der Waals surface area contributed by atoms with Gasteiger partial charge in [0, 0.05) is 6.92 Å². The fourth-order valence-corrected chi connectivity index (χ4v) is 2.35. The van der Waals surface area contributed by atoms with Crippen molar-refractivity contribution in [3.63, 3.8) is 0 Å². The summed E-state index contributed by atoms with van der Waals surface area (Å²) in [5.74, 6) is -0.382. The van der Waals surface area contributed by atoms with Crippen molar-refractivity contribution in [2.45, 2.75) is 44.1 Å². The Morgan fingerprint density at radius 3 is 2.42 bits per heavy atom. The molecule has 1 aromatic carbocycles. The molecule has 1 heterocycles. The Kier molecular flexibility index (Phi) is 6.52. The standard InChI is InChI=1S/C16H22O8/c1-9(17)23-8-12-13(19)14(20)15(21)16(24-12)22-7-6-10-2-4-11(18)5-3-10/h2-5,12-16,18-21H,6-8H2,1H3. The molecule has 5 atom stereocenters. The van der Waals surface area contributed by atoms with Crippen molar-refractivity contribution in [3.8, 4) is 5.75 Å². The van der Waals surface area contributed by atoms with Crippen molar-refractivity contribution in [1.82, 2.24) is 0 Å². The van der Waals surface area contributed by atoms with Gasteiger partial charge < -0.3 is 34.6 Å². The summed E-state index contributed by atoms with van der Waals surface area (Å²) in [6, 6.07) is 6.57. The summed E-state index contributed by atoms with van der Waals surface area (Å²) >= 11 is 0. The fraction of sp³-hybridized carbons (Fsp3) is 0.562. The molecule has 1 aromatic rings. The minimum Gasteiger partial charge on any atom is -0.508 e. The van der Waals surface area contributed by atoms with Crippen LogP contribution >= 0.6 is 0 Å². The van der Waals surface area contributed by atoms with Gasteiger partial charge in [0.05, 0.1) is 6.61 Å². The quantitative estimate of drug-likeness (QED) is 0.501. The second-order valence-electron chi connectivity index (χ2n) is 5.60.